The maximum absolute atomic E-state index is 12.8. The highest BCUT2D eigenvalue weighted by molar-refractivity contribution is 8.26. The lowest BCUT2D eigenvalue weighted by atomic mass is 10.2. The van der Waals surface area contributed by atoms with Gasteiger partial charge in [0.1, 0.15) is 24.7 Å². The topological polar surface area (TPSA) is 79.9 Å². The monoisotopic (exact) mass is 559 g/mol. The fourth-order valence-electron chi connectivity index (χ4n) is 3.05. The molecule has 0 saturated carbocycles. The molecule has 3 aromatic rings. The molecule has 184 valence electrons. The second-order valence-electron chi connectivity index (χ2n) is 7.29. The summed E-state index contributed by atoms with van der Waals surface area (Å²) in [7, 11) is 0. The molecule has 1 fully saturated rings. The number of amides is 3. The lowest BCUT2D eigenvalue weighted by molar-refractivity contribution is -0.123. The van der Waals surface area contributed by atoms with Gasteiger partial charge in [0.25, 0.3) is 5.91 Å². The van der Waals surface area contributed by atoms with Gasteiger partial charge in [0.2, 0.25) is 0 Å². The fourth-order valence-corrected chi connectivity index (χ4v) is 4.52. The first kappa shape index (κ1) is 25.8. The zero-order valence-electron chi connectivity index (χ0n) is 18.6. The molecule has 11 heteroatoms. The minimum absolute atomic E-state index is 0.203. The maximum Gasteiger partial charge on any atom is 0.338 e. The molecule has 3 aromatic carbocycles. The summed E-state index contributed by atoms with van der Waals surface area (Å²) in [6.07, 6.45) is 1.69. The van der Waals surface area contributed by atoms with Crippen LogP contribution in [0.3, 0.4) is 0 Å². The van der Waals surface area contributed by atoms with Crippen molar-refractivity contribution >= 4 is 75.2 Å². The van der Waals surface area contributed by atoms with Gasteiger partial charge in [0.15, 0.2) is 4.32 Å². The molecule has 0 spiro atoms. The molecule has 0 aliphatic carbocycles. The smallest absolute Gasteiger partial charge is 0.338 e. The number of halogens is 2. The SMILES string of the molecule is O=C(Nc1ccc(Cl)c(Cl)c1)NN1C(=O)/C(=C\c2ccc(OCCOc3ccccc3)cc2)SC1=S. The molecular weight excluding hydrogens is 541 g/mol. The van der Waals surface area contributed by atoms with E-state index in [2.05, 4.69) is 10.7 Å². The number of thioether (sulfide) groups is 1. The van der Waals surface area contributed by atoms with Gasteiger partial charge in [-0.3, -0.25) is 4.79 Å². The molecule has 0 atom stereocenters. The summed E-state index contributed by atoms with van der Waals surface area (Å²) in [5, 5.41) is 4.25. The second-order valence-corrected chi connectivity index (χ2v) is 9.78. The van der Waals surface area contributed by atoms with Crippen molar-refractivity contribution in [3.63, 3.8) is 0 Å². The Morgan fingerprint density at radius 1 is 0.944 bits per heavy atom. The number of hydrogen-bond acceptors (Lipinski definition) is 6. The van der Waals surface area contributed by atoms with Gasteiger partial charge in [-0.15, -0.1) is 0 Å². The van der Waals surface area contributed by atoms with Crippen LogP contribution in [-0.2, 0) is 4.79 Å². The standard InChI is InChI=1S/C25H19Cl2N3O4S2/c26-20-11-8-17(15-21(20)27)28-24(32)29-30-23(31)22(36-25(30)35)14-16-6-9-19(10-7-16)34-13-12-33-18-4-2-1-3-5-18/h1-11,14-15H,12-13H2,(H2,28,29,32)/b22-14+. The average molecular weight is 560 g/mol. The van der Waals surface area contributed by atoms with Gasteiger partial charge in [-0.25, -0.2) is 10.2 Å². The Morgan fingerprint density at radius 2 is 1.61 bits per heavy atom. The molecule has 4 rings (SSSR count). The van der Waals surface area contributed by atoms with Crippen molar-refractivity contribution < 1.29 is 19.1 Å². The number of hydrazine groups is 1. The second kappa shape index (κ2) is 12.1. The van der Waals surface area contributed by atoms with E-state index in [4.69, 9.17) is 44.9 Å². The van der Waals surface area contributed by atoms with Crippen molar-refractivity contribution in [3.05, 3.63) is 93.3 Å². The highest BCUT2D eigenvalue weighted by Gasteiger charge is 2.33. The van der Waals surface area contributed by atoms with Crippen LogP contribution in [0.1, 0.15) is 5.56 Å². The van der Waals surface area contributed by atoms with Crippen LogP contribution in [0.2, 0.25) is 10.0 Å². The van der Waals surface area contributed by atoms with Crippen LogP contribution in [0.4, 0.5) is 10.5 Å². The lowest BCUT2D eigenvalue weighted by Gasteiger charge is -2.16. The summed E-state index contributed by atoms with van der Waals surface area (Å²) < 4.78 is 11.5. The Hall–Kier alpha value is -3.24. The highest BCUT2D eigenvalue weighted by Crippen LogP contribution is 2.32. The minimum Gasteiger partial charge on any atom is -0.490 e. The van der Waals surface area contributed by atoms with Crippen LogP contribution >= 0.6 is 47.2 Å². The van der Waals surface area contributed by atoms with Crippen LogP contribution in [0.15, 0.2) is 77.7 Å². The molecule has 1 heterocycles. The number of rotatable bonds is 8. The Kier molecular flexibility index (Phi) is 8.71. The van der Waals surface area contributed by atoms with E-state index < -0.39 is 11.9 Å². The van der Waals surface area contributed by atoms with E-state index in [-0.39, 0.29) is 4.32 Å². The van der Waals surface area contributed by atoms with E-state index in [1.54, 1.807) is 30.3 Å². The predicted octanol–water partition coefficient (Wildman–Crippen LogP) is 6.39. The van der Waals surface area contributed by atoms with Gasteiger partial charge >= 0.3 is 6.03 Å². The van der Waals surface area contributed by atoms with Crippen LogP contribution in [0, 0.1) is 0 Å². The molecule has 2 N–H and O–H groups in total. The summed E-state index contributed by atoms with van der Waals surface area (Å²) in [5.74, 6) is 1.03. The number of carbonyl (C=O) groups excluding carboxylic acids is 2. The third-order valence-electron chi connectivity index (χ3n) is 4.73. The van der Waals surface area contributed by atoms with Gasteiger partial charge in [0.05, 0.1) is 15.0 Å². The van der Waals surface area contributed by atoms with E-state index >= 15 is 0 Å². The predicted molar refractivity (Wildman–Crippen MR) is 148 cm³/mol. The number of ether oxygens (including phenoxy) is 2. The Bertz CT molecular complexity index is 1300. The fraction of sp³-hybridized carbons (Fsp3) is 0.0800. The third-order valence-corrected chi connectivity index (χ3v) is 6.77. The largest absolute Gasteiger partial charge is 0.490 e. The number of anilines is 1. The van der Waals surface area contributed by atoms with Crippen molar-refractivity contribution in [2.75, 3.05) is 18.5 Å². The first-order chi connectivity index (χ1) is 17.4. The van der Waals surface area contributed by atoms with Crippen molar-refractivity contribution in [2.24, 2.45) is 0 Å². The Balaban J connectivity index is 1.29. The van der Waals surface area contributed by atoms with Crippen LogP contribution < -0.4 is 20.2 Å². The summed E-state index contributed by atoms with van der Waals surface area (Å²) in [4.78, 5) is 25.5. The van der Waals surface area contributed by atoms with Gasteiger partial charge < -0.3 is 14.8 Å². The number of urea groups is 1. The first-order valence-corrected chi connectivity index (χ1v) is 12.6. The molecule has 36 heavy (non-hydrogen) atoms. The maximum atomic E-state index is 12.8. The summed E-state index contributed by atoms with van der Waals surface area (Å²) in [6, 6.07) is 20.8. The van der Waals surface area contributed by atoms with Crippen LogP contribution in [-0.4, -0.2) is 34.5 Å². The van der Waals surface area contributed by atoms with E-state index in [1.165, 1.54) is 6.07 Å². The molecule has 0 unspecified atom stereocenters. The van der Waals surface area contributed by atoms with E-state index in [9.17, 15) is 9.59 Å². The molecule has 0 radical (unpaired) electrons. The Morgan fingerprint density at radius 3 is 2.28 bits per heavy atom. The molecular formula is C25H19Cl2N3O4S2. The summed E-state index contributed by atoms with van der Waals surface area (Å²) >= 11 is 18.2. The molecule has 1 aliphatic rings. The van der Waals surface area contributed by atoms with E-state index in [0.29, 0.717) is 39.6 Å². The van der Waals surface area contributed by atoms with Crippen molar-refractivity contribution in [2.45, 2.75) is 0 Å². The highest BCUT2D eigenvalue weighted by atomic mass is 35.5. The average Bonchev–Trinajstić information content (AvgIpc) is 3.13. The normalized spacial score (nSPS) is 14.2. The van der Waals surface area contributed by atoms with Gasteiger partial charge in [-0.05, 0) is 66.3 Å². The van der Waals surface area contributed by atoms with Crippen molar-refractivity contribution in [1.82, 2.24) is 10.4 Å². The molecule has 0 bridgehead atoms. The van der Waals surface area contributed by atoms with E-state index in [1.807, 2.05) is 42.5 Å². The Labute approximate surface area is 227 Å². The first-order valence-electron chi connectivity index (χ1n) is 10.6. The number of hydrogen-bond donors (Lipinski definition) is 2. The zero-order valence-corrected chi connectivity index (χ0v) is 21.7. The van der Waals surface area contributed by atoms with Crippen LogP contribution in [0.25, 0.3) is 6.08 Å². The molecule has 7 nitrogen and oxygen atoms in total. The third kappa shape index (κ3) is 6.92. The molecule has 0 aromatic heterocycles. The van der Waals surface area contributed by atoms with Crippen molar-refractivity contribution in [3.8, 4) is 11.5 Å². The summed E-state index contributed by atoms with van der Waals surface area (Å²) in [5.41, 5.74) is 3.64. The van der Waals surface area contributed by atoms with Gasteiger partial charge in [0, 0.05) is 5.69 Å². The molecule has 1 aliphatic heterocycles. The number of para-hydroxylation sites is 1. The quantitative estimate of drug-likeness (QED) is 0.189. The number of benzene rings is 3. The number of thiocarbonyl (C=S) groups is 1. The molecule has 3 amide bonds. The number of carbonyl (C=O) groups is 2. The summed E-state index contributed by atoms with van der Waals surface area (Å²) in [6.45, 7) is 0.808. The number of nitrogens with one attached hydrogen (secondary N) is 2. The van der Waals surface area contributed by atoms with Gasteiger partial charge in [-0.2, -0.15) is 5.01 Å². The molecule has 1 saturated heterocycles. The van der Waals surface area contributed by atoms with Gasteiger partial charge in [-0.1, -0.05) is 65.3 Å². The number of nitrogens with zero attached hydrogens (tertiary/aromatic N) is 1. The lowest BCUT2D eigenvalue weighted by Crippen LogP contribution is -2.46. The minimum atomic E-state index is -0.649. The zero-order chi connectivity index (χ0) is 25.5. The van der Waals surface area contributed by atoms with E-state index in [0.717, 1.165) is 28.1 Å². The van der Waals surface area contributed by atoms with Crippen molar-refractivity contribution in [1.29, 1.82) is 0 Å². The van der Waals surface area contributed by atoms with Crippen LogP contribution in [0.5, 0.6) is 11.5 Å².